The van der Waals surface area contributed by atoms with Crippen molar-refractivity contribution in [1.29, 1.82) is 0 Å². The molecule has 0 spiro atoms. The van der Waals surface area contributed by atoms with Gasteiger partial charge in [0.05, 0.1) is 24.1 Å². The van der Waals surface area contributed by atoms with Gasteiger partial charge in [-0.3, -0.25) is 9.69 Å². The highest BCUT2D eigenvalue weighted by molar-refractivity contribution is 5.79. The van der Waals surface area contributed by atoms with E-state index in [2.05, 4.69) is 68.9 Å². The van der Waals surface area contributed by atoms with E-state index in [4.69, 9.17) is 14.5 Å². The Morgan fingerprint density at radius 1 is 0.927 bits per heavy atom. The molecular formula is C34H40N4O3. The topological polar surface area (TPSA) is 59.3 Å². The number of piperazine rings is 1. The third kappa shape index (κ3) is 6.02. The lowest BCUT2D eigenvalue weighted by Crippen LogP contribution is -2.50. The Morgan fingerprint density at radius 2 is 1.73 bits per heavy atom. The highest BCUT2D eigenvalue weighted by Crippen LogP contribution is 2.31. The van der Waals surface area contributed by atoms with Gasteiger partial charge in [-0.05, 0) is 61.6 Å². The number of hydrogen-bond donors (Lipinski definition) is 0. The molecule has 1 saturated carbocycles. The zero-order chi connectivity index (χ0) is 28.2. The van der Waals surface area contributed by atoms with Gasteiger partial charge in [-0.15, -0.1) is 0 Å². The summed E-state index contributed by atoms with van der Waals surface area (Å²) in [4.78, 5) is 22.9. The second-order valence-corrected chi connectivity index (χ2v) is 11.2. The maximum Gasteiger partial charge on any atom is 0.225 e. The van der Waals surface area contributed by atoms with Gasteiger partial charge in [0, 0.05) is 57.5 Å². The first-order chi connectivity index (χ1) is 20.1. The molecule has 1 amide bonds. The van der Waals surface area contributed by atoms with Gasteiger partial charge in [0.15, 0.2) is 0 Å². The van der Waals surface area contributed by atoms with E-state index in [1.807, 2.05) is 25.1 Å². The van der Waals surface area contributed by atoms with Gasteiger partial charge >= 0.3 is 0 Å². The fourth-order valence-corrected chi connectivity index (χ4v) is 6.35. The summed E-state index contributed by atoms with van der Waals surface area (Å²) in [5.41, 5.74) is 6.47. The Hall–Kier alpha value is -3.68. The summed E-state index contributed by atoms with van der Waals surface area (Å²) in [6.45, 7) is 6.64. The molecular weight excluding hydrogens is 512 g/mol. The van der Waals surface area contributed by atoms with Crippen molar-refractivity contribution in [2.24, 2.45) is 5.92 Å². The van der Waals surface area contributed by atoms with E-state index in [9.17, 15) is 4.79 Å². The second-order valence-electron chi connectivity index (χ2n) is 11.2. The molecule has 0 unspecified atom stereocenters. The third-order valence-corrected chi connectivity index (χ3v) is 8.61. The number of ether oxygens (including phenoxy) is 2. The van der Waals surface area contributed by atoms with Crippen LogP contribution in [0.15, 0.2) is 72.9 Å². The molecule has 0 radical (unpaired) electrons. The zero-order valence-corrected chi connectivity index (χ0v) is 24.2. The van der Waals surface area contributed by atoms with Crippen molar-refractivity contribution in [1.82, 2.24) is 19.2 Å². The third-order valence-electron chi connectivity index (χ3n) is 8.61. The minimum absolute atomic E-state index is 0.100. The monoisotopic (exact) mass is 552 g/mol. The number of nitrogens with zero attached hydrogens (tertiary/aromatic N) is 4. The summed E-state index contributed by atoms with van der Waals surface area (Å²) in [7, 11) is 1.76. The van der Waals surface area contributed by atoms with Crippen LogP contribution in [0.1, 0.15) is 38.3 Å². The zero-order valence-electron chi connectivity index (χ0n) is 24.2. The summed E-state index contributed by atoms with van der Waals surface area (Å²) in [6, 6.07) is 22.9. The summed E-state index contributed by atoms with van der Waals surface area (Å²) >= 11 is 0. The standard InChI is InChI=1S/C34H40N4O3/c1-3-41-30-14-7-11-26(21-30)28-15-16-32-35-33(25-9-5-4-6-10-25)31(38(32)23-28)24-36-17-19-37(20-18-36)34(39)27-12-8-13-29(22-27)40-2/h4-7,9-11,14-16,21,23,27,29H,3,8,12-13,17-20,22,24H2,1-2H3/t27-,29+/m0/s1. The summed E-state index contributed by atoms with van der Waals surface area (Å²) < 4.78 is 13.6. The summed E-state index contributed by atoms with van der Waals surface area (Å²) in [6.07, 6.45) is 6.40. The second kappa shape index (κ2) is 12.5. The molecule has 1 saturated heterocycles. The number of benzene rings is 2. The van der Waals surface area contributed by atoms with Gasteiger partial charge in [0.2, 0.25) is 5.91 Å². The van der Waals surface area contributed by atoms with Crippen LogP contribution in [0.5, 0.6) is 5.75 Å². The van der Waals surface area contributed by atoms with E-state index in [0.29, 0.717) is 12.5 Å². The number of rotatable bonds is 8. The van der Waals surface area contributed by atoms with Crippen molar-refractivity contribution in [2.45, 2.75) is 45.3 Å². The molecule has 0 bridgehead atoms. The van der Waals surface area contributed by atoms with E-state index in [0.717, 1.165) is 92.2 Å². The number of imidazole rings is 1. The Morgan fingerprint density at radius 3 is 2.51 bits per heavy atom. The highest BCUT2D eigenvalue weighted by atomic mass is 16.5. The van der Waals surface area contributed by atoms with Crippen molar-refractivity contribution in [2.75, 3.05) is 39.9 Å². The van der Waals surface area contributed by atoms with Crippen molar-refractivity contribution in [3.05, 3.63) is 78.6 Å². The molecule has 41 heavy (non-hydrogen) atoms. The van der Waals surface area contributed by atoms with Crippen molar-refractivity contribution >= 4 is 11.6 Å². The van der Waals surface area contributed by atoms with Gasteiger partial charge in [0.25, 0.3) is 0 Å². The van der Waals surface area contributed by atoms with Crippen LogP contribution in [0.4, 0.5) is 0 Å². The lowest BCUT2D eigenvalue weighted by molar-refractivity contribution is -0.140. The number of carbonyl (C=O) groups excluding carboxylic acids is 1. The summed E-state index contributed by atoms with van der Waals surface area (Å²) in [5, 5.41) is 0. The lowest BCUT2D eigenvalue weighted by atomic mass is 9.86. The Bertz CT molecular complexity index is 1480. The van der Waals surface area contributed by atoms with Crippen LogP contribution < -0.4 is 4.74 Å². The van der Waals surface area contributed by atoms with Gasteiger partial charge in [-0.25, -0.2) is 4.98 Å². The first kappa shape index (κ1) is 27.5. The smallest absolute Gasteiger partial charge is 0.225 e. The minimum atomic E-state index is 0.100. The Balaban J connectivity index is 1.24. The SMILES string of the molecule is CCOc1cccc(-c2ccc3nc(-c4ccccc4)c(CN4CCN(C(=O)[C@H]5CCC[C@@H](OC)C5)CC4)n3c2)c1. The predicted octanol–water partition coefficient (Wildman–Crippen LogP) is 5.92. The highest BCUT2D eigenvalue weighted by Gasteiger charge is 2.32. The molecule has 1 aliphatic heterocycles. The summed E-state index contributed by atoms with van der Waals surface area (Å²) in [5.74, 6) is 1.28. The van der Waals surface area contributed by atoms with Crippen LogP contribution in [0.3, 0.4) is 0 Å². The molecule has 1 aliphatic carbocycles. The van der Waals surface area contributed by atoms with Crippen LogP contribution in [0, 0.1) is 5.92 Å². The van der Waals surface area contributed by atoms with Crippen molar-refractivity contribution in [3.63, 3.8) is 0 Å². The molecule has 7 nitrogen and oxygen atoms in total. The van der Waals surface area contributed by atoms with E-state index in [-0.39, 0.29) is 12.0 Å². The number of hydrogen-bond acceptors (Lipinski definition) is 5. The number of methoxy groups -OCH3 is 1. The first-order valence-corrected chi connectivity index (χ1v) is 15.0. The maximum absolute atomic E-state index is 13.3. The fraction of sp³-hybridized carbons (Fsp3) is 0.412. The van der Waals surface area contributed by atoms with Gasteiger partial charge in [0.1, 0.15) is 11.4 Å². The normalized spacial score (nSPS) is 19.9. The maximum atomic E-state index is 13.3. The molecule has 214 valence electrons. The molecule has 2 aromatic heterocycles. The Labute approximate surface area is 242 Å². The molecule has 7 heteroatoms. The molecule has 2 aromatic carbocycles. The van der Waals surface area contributed by atoms with Crippen molar-refractivity contribution < 1.29 is 14.3 Å². The Kier molecular flexibility index (Phi) is 8.35. The largest absolute Gasteiger partial charge is 0.494 e. The van der Waals surface area contributed by atoms with Crippen LogP contribution in [-0.2, 0) is 16.1 Å². The predicted molar refractivity (Wildman–Crippen MR) is 162 cm³/mol. The van der Waals surface area contributed by atoms with E-state index < -0.39 is 0 Å². The number of fused-ring (bicyclic) bond motifs is 1. The first-order valence-electron chi connectivity index (χ1n) is 15.0. The fourth-order valence-electron chi connectivity index (χ4n) is 6.35. The van der Waals surface area contributed by atoms with Gasteiger partial charge < -0.3 is 18.8 Å². The molecule has 3 heterocycles. The molecule has 0 N–H and O–H groups in total. The average Bonchev–Trinajstić information content (AvgIpc) is 3.39. The van der Waals surface area contributed by atoms with Crippen LogP contribution in [0.2, 0.25) is 0 Å². The number of carbonyl (C=O) groups is 1. The van der Waals surface area contributed by atoms with E-state index in [1.165, 1.54) is 5.69 Å². The van der Waals surface area contributed by atoms with Crippen LogP contribution >= 0.6 is 0 Å². The van der Waals surface area contributed by atoms with Crippen LogP contribution in [-0.4, -0.2) is 71.1 Å². The van der Waals surface area contributed by atoms with E-state index >= 15 is 0 Å². The minimum Gasteiger partial charge on any atom is -0.494 e. The van der Waals surface area contributed by atoms with E-state index in [1.54, 1.807) is 7.11 Å². The number of pyridine rings is 1. The molecule has 6 rings (SSSR count). The number of amides is 1. The van der Waals surface area contributed by atoms with Crippen LogP contribution in [0.25, 0.3) is 28.0 Å². The number of aromatic nitrogens is 2. The molecule has 2 fully saturated rings. The average molecular weight is 553 g/mol. The lowest BCUT2D eigenvalue weighted by Gasteiger charge is -2.38. The van der Waals surface area contributed by atoms with Gasteiger partial charge in [-0.1, -0.05) is 48.9 Å². The molecule has 2 aliphatic rings. The van der Waals surface area contributed by atoms with Crippen molar-refractivity contribution in [3.8, 4) is 28.1 Å². The van der Waals surface area contributed by atoms with Gasteiger partial charge in [-0.2, -0.15) is 0 Å². The molecule has 4 aromatic rings. The molecule has 2 atom stereocenters. The quantitative estimate of drug-likeness (QED) is 0.272.